The number of rotatable bonds is 9. The molecule has 0 aliphatic rings. The first-order chi connectivity index (χ1) is 9.20. The quantitative estimate of drug-likeness (QED) is 0.413. The summed E-state index contributed by atoms with van der Waals surface area (Å²) in [6.07, 6.45) is 4.07. The van der Waals surface area contributed by atoms with Gasteiger partial charge in [-0.1, -0.05) is 0 Å². The Morgan fingerprint density at radius 3 is 2.74 bits per heavy atom. The summed E-state index contributed by atoms with van der Waals surface area (Å²) < 4.78 is 9.80. The predicted molar refractivity (Wildman–Crippen MR) is 69.5 cm³/mol. The Hall–Kier alpha value is -1.96. The first kappa shape index (κ1) is 15.1. The molecule has 0 aliphatic carbocycles. The SMILES string of the molecule is COCCCCCNc1ncnc(OC)c1[N+](=O)[O-]. The van der Waals surface area contributed by atoms with E-state index in [-0.39, 0.29) is 17.4 Å². The highest BCUT2D eigenvalue weighted by Crippen LogP contribution is 2.30. The molecule has 1 aromatic rings. The number of nitrogens with one attached hydrogen (secondary N) is 1. The monoisotopic (exact) mass is 270 g/mol. The molecule has 0 bridgehead atoms. The largest absolute Gasteiger partial charge is 0.476 e. The molecule has 0 fully saturated rings. The van der Waals surface area contributed by atoms with E-state index in [4.69, 9.17) is 9.47 Å². The lowest BCUT2D eigenvalue weighted by Crippen LogP contribution is -2.08. The van der Waals surface area contributed by atoms with E-state index in [1.165, 1.54) is 13.4 Å². The van der Waals surface area contributed by atoms with Gasteiger partial charge in [0.15, 0.2) is 0 Å². The fourth-order valence-electron chi connectivity index (χ4n) is 1.56. The molecular formula is C11H18N4O4. The number of methoxy groups -OCH3 is 2. The molecule has 0 aliphatic heterocycles. The van der Waals surface area contributed by atoms with E-state index in [0.29, 0.717) is 6.54 Å². The van der Waals surface area contributed by atoms with Crippen LogP contribution in [0, 0.1) is 10.1 Å². The number of ether oxygens (including phenoxy) is 2. The normalized spacial score (nSPS) is 10.2. The molecule has 0 unspecified atom stereocenters. The minimum absolute atomic E-state index is 0.0399. The van der Waals surface area contributed by atoms with Crippen LogP contribution in [-0.4, -0.2) is 42.3 Å². The first-order valence-corrected chi connectivity index (χ1v) is 5.97. The Labute approximate surface area is 111 Å². The Morgan fingerprint density at radius 2 is 2.11 bits per heavy atom. The van der Waals surface area contributed by atoms with Crippen molar-refractivity contribution in [2.45, 2.75) is 19.3 Å². The highest BCUT2D eigenvalue weighted by atomic mass is 16.6. The lowest BCUT2D eigenvalue weighted by molar-refractivity contribution is -0.385. The second kappa shape index (κ2) is 8.20. The number of hydrogen-bond acceptors (Lipinski definition) is 7. The van der Waals surface area contributed by atoms with Crippen LogP contribution in [0.15, 0.2) is 6.33 Å². The number of anilines is 1. The summed E-state index contributed by atoms with van der Waals surface area (Å²) in [7, 11) is 3.00. The van der Waals surface area contributed by atoms with Crippen LogP contribution in [0.4, 0.5) is 11.5 Å². The molecule has 1 rings (SSSR count). The third-order valence-corrected chi connectivity index (χ3v) is 2.48. The Balaban J connectivity index is 2.55. The number of unbranched alkanes of at least 4 members (excludes halogenated alkanes) is 2. The van der Waals surface area contributed by atoms with Crippen molar-refractivity contribution in [3.05, 3.63) is 16.4 Å². The lowest BCUT2D eigenvalue weighted by atomic mass is 10.2. The molecule has 19 heavy (non-hydrogen) atoms. The number of nitro groups is 1. The van der Waals surface area contributed by atoms with Gasteiger partial charge >= 0.3 is 5.69 Å². The average Bonchev–Trinajstić information content (AvgIpc) is 2.42. The lowest BCUT2D eigenvalue weighted by Gasteiger charge is -2.07. The van der Waals surface area contributed by atoms with Gasteiger partial charge in [-0.05, 0) is 19.3 Å². The maximum Gasteiger partial charge on any atom is 0.372 e. The molecule has 8 heteroatoms. The summed E-state index contributed by atoms with van der Waals surface area (Å²) in [6, 6.07) is 0. The predicted octanol–water partition coefficient (Wildman–Crippen LogP) is 1.62. The van der Waals surface area contributed by atoms with Crippen LogP contribution in [0.5, 0.6) is 5.88 Å². The van der Waals surface area contributed by atoms with Crippen molar-refractivity contribution >= 4 is 11.5 Å². The van der Waals surface area contributed by atoms with Crippen LogP contribution in [0.2, 0.25) is 0 Å². The Morgan fingerprint density at radius 1 is 1.32 bits per heavy atom. The number of aromatic nitrogens is 2. The molecular weight excluding hydrogens is 252 g/mol. The van der Waals surface area contributed by atoms with Crippen molar-refractivity contribution in [1.29, 1.82) is 0 Å². The zero-order valence-corrected chi connectivity index (χ0v) is 11.1. The molecule has 8 nitrogen and oxygen atoms in total. The molecule has 0 aromatic carbocycles. The van der Waals surface area contributed by atoms with E-state index in [1.54, 1.807) is 7.11 Å². The molecule has 0 spiro atoms. The van der Waals surface area contributed by atoms with Crippen LogP contribution in [0.3, 0.4) is 0 Å². The summed E-state index contributed by atoms with van der Waals surface area (Å²) in [6.45, 7) is 1.33. The van der Waals surface area contributed by atoms with E-state index >= 15 is 0 Å². The molecule has 0 radical (unpaired) electrons. The third kappa shape index (κ3) is 4.66. The van der Waals surface area contributed by atoms with Crippen LogP contribution in [0.25, 0.3) is 0 Å². The van der Waals surface area contributed by atoms with Crippen molar-refractivity contribution in [3.63, 3.8) is 0 Å². The van der Waals surface area contributed by atoms with Gasteiger partial charge in [0.05, 0.1) is 12.0 Å². The fourth-order valence-corrected chi connectivity index (χ4v) is 1.56. The van der Waals surface area contributed by atoms with Gasteiger partial charge in [-0.2, -0.15) is 4.98 Å². The molecule has 1 aromatic heterocycles. The number of nitrogens with zero attached hydrogens (tertiary/aromatic N) is 3. The van der Waals surface area contributed by atoms with E-state index in [1.807, 2.05) is 0 Å². The average molecular weight is 270 g/mol. The molecule has 0 atom stereocenters. The van der Waals surface area contributed by atoms with Gasteiger partial charge in [-0.25, -0.2) is 4.98 Å². The van der Waals surface area contributed by atoms with Crippen molar-refractivity contribution in [2.24, 2.45) is 0 Å². The van der Waals surface area contributed by atoms with Gasteiger partial charge in [0, 0.05) is 20.3 Å². The summed E-state index contributed by atoms with van der Waals surface area (Å²) >= 11 is 0. The first-order valence-electron chi connectivity index (χ1n) is 5.97. The maximum atomic E-state index is 11.0. The topological polar surface area (TPSA) is 99.4 Å². The van der Waals surface area contributed by atoms with Crippen molar-refractivity contribution in [3.8, 4) is 5.88 Å². The minimum atomic E-state index is -0.550. The van der Waals surface area contributed by atoms with Gasteiger partial charge in [0.25, 0.3) is 5.88 Å². The van der Waals surface area contributed by atoms with E-state index in [2.05, 4.69) is 15.3 Å². The molecule has 0 saturated heterocycles. The summed E-state index contributed by atoms with van der Waals surface area (Å²) in [5.41, 5.74) is -0.234. The molecule has 1 heterocycles. The Bertz CT molecular complexity index is 414. The van der Waals surface area contributed by atoms with Crippen molar-refractivity contribution < 1.29 is 14.4 Å². The minimum Gasteiger partial charge on any atom is -0.476 e. The van der Waals surface area contributed by atoms with Gasteiger partial charge in [0.2, 0.25) is 5.82 Å². The number of hydrogen-bond donors (Lipinski definition) is 1. The highest BCUT2D eigenvalue weighted by Gasteiger charge is 2.23. The van der Waals surface area contributed by atoms with Crippen LogP contribution >= 0.6 is 0 Å². The maximum absolute atomic E-state index is 11.0. The van der Waals surface area contributed by atoms with Crippen LogP contribution < -0.4 is 10.1 Å². The molecule has 1 N–H and O–H groups in total. The van der Waals surface area contributed by atoms with E-state index in [9.17, 15) is 10.1 Å². The fraction of sp³-hybridized carbons (Fsp3) is 0.636. The van der Waals surface area contributed by atoms with Gasteiger partial charge in [-0.15, -0.1) is 0 Å². The Kier molecular flexibility index (Phi) is 6.51. The zero-order chi connectivity index (χ0) is 14.1. The molecule has 106 valence electrons. The van der Waals surface area contributed by atoms with Crippen molar-refractivity contribution in [2.75, 3.05) is 32.7 Å². The van der Waals surface area contributed by atoms with Crippen LogP contribution in [-0.2, 0) is 4.74 Å². The highest BCUT2D eigenvalue weighted by molar-refractivity contribution is 5.60. The van der Waals surface area contributed by atoms with Gasteiger partial charge in [0.1, 0.15) is 6.33 Å². The zero-order valence-electron chi connectivity index (χ0n) is 11.1. The van der Waals surface area contributed by atoms with Gasteiger partial charge < -0.3 is 14.8 Å². The third-order valence-electron chi connectivity index (χ3n) is 2.48. The summed E-state index contributed by atoms with van der Waals surface area (Å²) in [5.74, 6) is 0.144. The van der Waals surface area contributed by atoms with Gasteiger partial charge in [-0.3, -0.25) is 10.1 Å². The summed E-state index contributed by atoms with van der Waals surface area (Å²) in [4.78, 5) is 18.0. The van der Waals surface area contributed by atoms with Crippen molar-refractivity contribution in [1.82, 2.24) is 9.97 Å². The smallest absolute Gasteiger partial charge is 0.372 e. The van der Waals surface area contributed by atoms with E-state index < -0.39 is 4.92 Å². The molecule has 0 saturated carbocycles. The van der Waals surface area contributed by atoms with E-state index in [0.717, 1.165) is 25.9 Å². The standard InChI is InChI=1S/C11H18N4O4/c1-18-7-5-3-4-6-12-10-9(15(16)17)11(19-2)14-8-13-10/h8H,3-7H2,1-2H3,(H,12,13,14). The molecule has 0 amide bonds. The van der Waals surface area contributed by atoms with Crippen LogP contribution in [0.1, 0.15) is 19.3 Å². The second-order valence-corrected chi connectivity index (χ2v) is 3.82. The summed E-state index contributed by atoms with van der Waals surface area (Å²) in [5, 5.41) is 13.9. The second-order valence-electron chi connectivity index (χ2n) is 3.82.